The molecule has 116 valence electrons. The third kappa shape index (κ3) is 3.44. The summed E-state index contributed by atoms with van der Waals surface area (Å²) in [5.74, 6) is 0.424. The van der Waals surface area contributed by atoms with Crippen LogP contribution in [-0.4, -0.2) is 53.6 Å². The number of hydrogen-bond donors (Lipinski definition) is 1. The van der Waals surface area contributed by atoms with Gasteiger partial charge in [-0.15, -0.1) is 0 Å². The molecule has 0 aromatic heterocycles. The van der Waals surface area contributed by atoms with Crippen molar-refractivity contribution in [3.63, 3.8) is 0 Å². The van der Waals surface area contributed by atoms with Crippen LogP contribution in [0.3, 0.4) is 0 Å². The standard InChI is InChI=1S/C15H27NO4/c1-14(2,3)20-13(18)16-8-6-15(7-9-16)12(4-10-17)5-11-19-15/h12,17H,4-11H2,1-3H3/t12-/m1/s1. The summed E-state index contributed by atoms with van der Waals surface area (Å²) in [6.45, 7) is 7.99. The minimum absolute atomic E-state index is 0.124. The van der Waals surface area contributed by atoms with Crippen molar-refractivity contribution >= 4 is 6.09 Å². The molecule has 2 fully saturated rings. The highest BCUT2D eigenvalue weighted by Crippen LogP contribution is 2.42. The lowest BCUT2D eigenvalue weighted by Crippen LogP contribution is -2.50. The van der Waals surface area contributed by atoms with Crippen LogP contribution in [0.5, 0.6) is 0 Å². The molecule has 1 spiro atoms. The summed E-state index contributed by atoms with van der Waals surface area (Å²) in [6.07, 6.45) is 3.27. The van der Waals surface area contributed by atoms with Crippen molar-refractivity contribution in [1.29, 1.82) is 0 Å². The number of carbonyl (C=O) groups excluding carboxylic acids is 1. The fraction of sp³-hybridized carbons (Fsp3) is 0.933. The number of rotatable bonds is 2. The fourth-order valence-electron chi connectivity index (χ4n) is 3.30. The molecule has 0 unspecified atom stereocenters. The van der Waals surface area contributed by atoms with E-state index in [-0.39, 0.29) is 18.3 Å². The molecule has 2 heterocycles. The summed E-state index contributed by atoms with van der Waals surface area (Å²) < 4.78 is 11.4. The molecule has 2 rings (SSSR count). The molecule has 0 bridgehead atoms. The highest BCUT2D eigenvalue weighted by molar-refractivity contribution is 5.68. The molecule has 5 nitrogen and oxygen atoms in total. The lowest BCUT2D eigenvalue weighted by molar-refractivity contribution is -0.0718. The number of amides is 1. The van der Waals surface area contributed by atoms with Crippen molar-refractivity contribution in [3.05, 3.63) is 0 Å². The first-order chi connectivity index (χ1) is 9.36. The first-order valence-corrected chi connectivity index (χ1v) is 7.59. The Morgan fingerprint density at radius 3 is 2.60 bits per heavy atom. The summed E-state index contributed by atoms with van der Waals surface area (Å²) in [7, 11) is 0. The van der Waals surface area contributed by atoms with Crippen LogP contribution in [0.1, 0.15) is 46.5 Å². The van der Waals surface area contributed by atoms with Gasteiger partial charge in [-0.3, -0.25) is 0 Å². The van der Waals surface area contributed by atoms with Gasteiger partial charge in [-0.05, 0) is 52.4 Å². The van der Waals surface area contributed by atoms with Gasteiger partial charge in [-0.25, -0.2) is 4.79 Å². The Balaban J connectivity index is 1.90. The van der Waals surface area contributed by atoms with Crippen LogP contribution in [-0.2, 0) is 9.47 Å². The van der Waals surface area contributed by atoms with Crippen molar-refractivity contribution < 1.29 is 19.4 Å². The molecule has 1 N–H and O–H groups in total. The molecule has 0 aromatic carbocycles. The second-order valence-corrected chi connectivity index (χ2v) is 6.88. The van der Waals surface area contributed by atoms with Gasteiger partial charge in [0.15, 0.2) is 0 Å². The van der Waals surface area contributed by atoms with Crippen molar-refractivity contribution in [2.45, 2.75) is 57.7 Å². The van der Waals surface area contributed by atoms with Crippen LogP contribution < -0.4 is 0 Å². The van der Waals surface area contributed by atoms with Gasteiger partial charge in [-0.1, -0.05) is 0 Å². The van der Waals surface area contributed by atoms with E-state index in [2.05, 4.69) is 0 Å². The predicted octanol–water partition coefficient (Wildman–Crippen LogP) is 2.18. The van der Waals surface area contributed by atoms with Crippen LogP contribution in [0.25, 0.3) is 0 Å². The van der Waals surface area contributed by atoms with Gasteiger partial charge in [0.1, 0.15) is 5.60 Å². The molecule has 0 aliphatic carbocycles. The number of likely N-dealkylation sites (tertiary alicyclic amines) is 1. The van der Waals surface area contributed by atoms with Crippen LogP contribution in [0.4, 0.5) is 4.79 Å². The number of ether oxygens (including phenoxy) is 2. The quantitative estimate of drug-likeness (QED) is 0.845. The second-order valence-electron chi connectivity index (χ2n) is 6.88. The van der Waals surface area contributed by atoms with E-state index >= 15 is 0 Å². The van der Waals surface area contributed by atoms with E-state index in [0.717, 1.165) is 32.3 Å². The molecule has 2 aliphatic rings. The minimum atomic E-state index is -0.449. The van der Waals surface area contributed by atoms with E-state index in [1.165, 1.54) is 0 Å². The molecule has 0 radical (unpaired) electrons. The zero-order chi connectivity index (χ0) is 14.8. The smallest absolute Gasteiger partial charge is 0.410 e. The minimum Gasteiger partial charge on any atom is -0.444 e. The highest BCUT2D eigenvalue weighted by Gasteiger charge is 2.46. The molecule has 5 heteroatoms. The maximum atomic E-state index is 12.0. The van der Waals surface area contributed by atoms with E-state index in [4.69, 9.17) is 14.6 Å². The van der Waals surface area contributed by atoms with Gasteiger partial charge in [0.25, 0.3) is 0 Å². The first kappa shape index (κ1) is 15.6. The first-order valence-electron chi connectivity index (χ1n) is 7.59. The number of aliphatic hydroxyl groups excluding tert-OH is 1. The van der Waals surface area contributed by atoms with Gasteiger partial charge < -0.3 is 19.5 Å². The van der Waals surface area contributed by atoms with Crippen molar-refractivity contribution in [2.24, 2.45) is 5.92 Å². The molecule has 0 saturated carbocycles. The van der Waals surface area contributed by atoms with Gasteiger partial charge in [0.05, 0.1) is 5.60 Å². The number of nitrogens with zero attached hydrogens (tertiary/aromatic N) is 1. The molecule has 1 atom stereocenters. The van der Waals surface area contributed by atoms with E-state index in [1.807, 2.05) is 20.8 Å². The largest absolute Gasteiger partial charge is 0.444 e. The van der Waals surface area contributed by atoms with Crippen molar-refractivity contribution in [2.75, 3.05) is 26.3 Å². The van der Waals surface area contributed by atoms with Crippen molar-refractivity contribution in [1.82, 2.24) is 4.90 Å². The Hall–Kier alpha value is -0.810. The topological polar surface area (TPSA) is 59.0 Å². The van der Waals surface area contributed by atoms with Crippen LogP contribution in [0.2, 0.25) is 0 Å². The Kier molecular flexibility index (Phi) is 4.59. The third-order valence-electron chi connectivity index (χ3n) is 4.34. The maximum Gasteiger partial charge on any atom is 0.410 e. The average Bonchev–Trinajstić information content (AvgIpc) is 2.72. The van der Waals surface area contributed by atoms with E-state index in [1.54, 1.807) is 4.90 Å². The zero-order valence-electron chi connectivity index (χ0n) is 12.9. The Bertz CT molecular complexity index is 342. The van der Waals surface area contributed by atoms with Gasteiger partial charge in [0.2, 0.25) is 0 Å². The van der Waals surface area contributed by atoms with E-state index in [9.17, 15) is 4.79 Å². The SMILES string of the molecule is CC(C)(C)OC(=O)N1CCC2(CC1)OCC[C@H]2CCO. The number of aliphatic hydroxyl groups is 1. The molecular formula is C15H27NO4. The van der Waals surface area contributed by atoms with Crippen LogP contribution >= 0.6 is 0 Å². The molecule has 20 heavy (non-hydrogen) atoms. The molecule has 2 aliphatic heterocycles. The van der Waals surface area contributed by atoms with Gasteiger partial charge in [0, 0.05) is 26.3 Å². The maximum absolute atomic E-state index is 12.0. The molecular weight excluding hydrogens is 258 g/mol. The summed E-state index contributed by atoms with van der Waals surface area (Å²) in [5.41, 5.74) is -0.573. The summed E-state index contributed by atoms with van der Waals surface area (Å²) in [4.78, 5) is 13.8. The Morgan fingerprint density at radius 1 is 1.40 bits per heavy atom. The summed E-state index contributed by atoms with van der Waals surface area (Å²) in [5, 5.41) is 9.17. The van der Waals surface area contributed by atoms with Gasteiger partial charge >= 0.3 is 6.09 Å². The fourth-order valence-corrected chi connectivity index (χ4v) is 3.30. The molecule has 1 amide bonds. The predicted molar refractivity (Wildman–Crippen MR) is 75.5 cm³/mol. The lowest BCUT2D eigenvalue weighted by Gasteiger charge is -2.42. The monoisotopic (exact) mass is 285 g/mol. The summed E-state index contributed by atoms with van der Waals surface area (Å²) in [6, 6.07) is 0. The normalized spacial score (nSPS) is 26.0. The average molecular weight is 285 g/mol. The lowest BCUT2D eigenvalue weighted by atomic mass is 9.78. The van der Waals surface area contributed by atoms with Crippen LogP contribution in [0.15, 0.2) is 0 Å². The summed E-state index contributed by atoms with van der Waals surface area (Å²) >= 11 is 0. The number of hydrogen-bond acceptors (Lipinski definition) is 4. The highest BCUT2D eigenvalue weighted by atomic mass is 16.6. The van der Waals surface area contributed by atoms with Crippen molar-refractivity contribution in [3.8, 4) is 0 Å². The number of carbonyl (C=O) groups is 1. The molecule has 0 aromatic rings. The number of piperidine rings is 1. The Labute approximate surface area is 121 Å². The van der Waals surface area contributed by atoms with Crippen LogP contribution in [0, 0.1) is 5.92 Å². The van der Waals surface area contributed by atoms with E-state index in [0.29, 0.717) is 19.0 Å². The van der Waals surface area contributed by atoms with E-state index < -0.39 is 5.60 Å². The molecule has 2 saturated heterocycles. The second kappa shape index (κ2) is 5.90. The van der Waals surface area contributed by atoms with Gasteiger partial charge in [-0.2, -0.15) is 0 Å². The zero-order valence-corrected chi connectivity index (χ0v) is 12.9. The Morgan fingerprint density at radius 2 is 2.05 bits per heavy atom. The third-order valence-corrected chi connectivity index (χ3v) is 4.34.